The van der Waals surface area contributed by atoms with E-state index in [0.717, 1.165) is 8.67 Å². The fourth-order valence-corrected chi connectivity index (χ4v) is 3.83. The van der Waals surface area contributed by atoms with Crippen LogP contribution in [0.5, 0.6) is 0 Å². The average Bonchev–Trinajstić information content (AvgIpc) is 2.98. The highest BCUT2D eigenvalue weighted by Gasteiger charge is 2.04. The van der Waals surface area contributed by atoms with Gasteiger partial charge in [-0.05, 0) is 35.4 Å². The maximum absolute atomic E-state index is 5.95. The molecule has 0 N–H and O–H groups in total. The molecule has 2 aromatic heterocycles. The number of halogens is 2. The molecule has 3 rings (SSSR count). The molecule has 0 spiro atoms. The van der Waals surface area contributed by atoms with Crippen LogP contribution in [0.4, 0.5) is 0 Å². The highest BCUT2D eigenvalue weighted by Crippen LogP contribution is 2.34. The summed E-state index contributed by atoms with van der Waals surface area (Å²) in [6.45, 7) is 0. The van der Waals surface area contributed by atoms with Crippen molar-refractivity contribution in [2.24, 2.45) is 0 Å². The maximum Gasteiger partial charge on any atom is 0.0934 e. The van der Waals surface area contributed by atoms with Crippen LogP contribution in [0.1, 0.15) is 0 Å². The Labute approximate surface area is 123 Å². The molecular formula is C14H8Cl2S2. The first kappa shape index (κ1) is 12.2. The van der Waals surface area contributed by atoms with Crippen molar-refractivity contribution in [1.82, 2.24) is 0 Å². The molecule has 3 aromatic rings. The molecule has 0 nitrogen and oxygen atoms in total. The Balaban J connectivity index is 1.94. The summed E-state index contributed by atoms with van der Waals surface area (Å²) >= 11 is 15.1. The quantitative estimate of drug-likeness (QED) is 0.510. The first-order valence-corrected chi connectivity index (χ1v) is 7.73. The van der Waals surface area contributed by atoms with Crippen molar-refractivity contribution in [1.29, 1.82) is 0 Å². The third-order valence-corrected chi connectivity index (χ3v) is 5.16. The number of hydrogen-bond acceptors (Lipinski definition) is 2. The second kappa shape index (κ2) is 5.06. The van der Waals surface area contributed by atoms with Crippen LogP contribution in [-0.2, 0) is 0 Å². The van der Waals surface area contributed by atoms with Crippen molar-refractivity contribution in [3.05, 3.63) is 57.2 Å². The van der Waals surface area contributed by atoms with Crippen molar-refractivity contribution in [3.63, 3.8) is 0 Å². The second-order valence-corrected chi connectivity index (χ2v) is 7.22. The molecule has 18 heavy (non-hydrogen) atoms. The first-order chi connectivity index (χ1) is 8.72. The van der Waals surface area contributed by atoms with Crippen LogP contribution >= 0.6 is 45.9 Å². The van der Waals surface area contributed by atoms with Crippen LogP contribution in [0.2, 0.25) is 8.67 Å². The summed E-state index contributed by atoms with van der Waals surface area (Å²) < 4.78 is 1.64. The predicted octanol–water partition coefficient (Wildman–Crippen LogP) is 6.45. The number of hydrogen-bond donors (Lipinski definition) is 0. The van der Waals surface area contributed by atoms with Gasteiger partial charge in [-0.25, -0.2) is 0 Å². The molecule has 0 radical (unpaired) electrons. The van der Waals surface area contributed by atoms with E-state index in [-0.39, 0.29) is 0 Å². The van der Waals surface area contributed by atoms with Gasteiger partial charge < -0.3 is 0 Å². The highest BCUT2D eigenvalue weighted by atomic mass is 35.5. The average molecular weight is 311 g/mol. The van der Waals surface area contributed by atoms with Gasteiger partial charge in [-0.3, -0.25) is 0 Å². The second-order valence-electron chi connectivity index (χ2n) is 3.78. The van der Waals surface area contributed by atoms with Gasteiger partial charge in [0.1, 0.15) is 0 Å². The van der Waals surface area contributed by atoms with Gasteiger partial charge in [0.25, 0.3) is 0 Å². The Hall–Kier alpha value is -0.800. The monoisotopic (exact) mass is 310 g/mol. The van der Waals surface area contributed by atoms with Crippen LogP contribution in [0.25, 0.3) is 20.9 Å². The summed E-state index contributed by atoms with van der Waals surface area (Å²) in [6, 6.07) is 16.4. The zero-order chi connectivity index (χ0) is 12.5. The van der Waals surface area contributed by atoms with Gasteiger partial charge in [-0.1, -0.05) is 47.5 Å². The zero-order valence-corrected chi connectivity index (χ0v) is 12.3. The minimum absolute atomic E-state index is 0.819. The molecule has 90 valence electrons. The number of benzene rings is 1. The molecule has 0 amide bonds. The van der Waals surface area contributed by atoms with Gasteiger partial charge in [0.05, 0.1) is 8.67 Å². The van der Waals surface area contributed by atoms with Crippen LogP contribution < -0.4 is 0 Å². The summed E-state index contributed by atoms with van der Waals surface area (Å²) in [5.74, 6) is 0. The summed E-state index contributed by atoms with van der Waals surface area (Å²) in [5.41, 5.74) is 2.39. The summed E-state index contributed by atoms with van der Waals surface area (Å²) in [4.78, 5) is 2.38. The van der Waals surface area contributed by atoms with E-state index in [1.54, 1.807) is 22.7 Å². The van der Waals surface area contributed by atoms with Crippen LogP contribution in [-0.4, -0.2) is 0 Å². The fourth-order valence-electron chi connectivity index (χ4n) is 1.74. The van der Waals surface area contributed by atoms with Crippen LogP contribution in [0.15, 0.2) is 48.5 Å². The third kappa shape index (κ3) is 2.47. The Morgan fingerprint density at radius 1 is 0.556 bits per heavy atom. The van der Waals surface area contributed by atoms with Crippen LogP contribution in [0, 0.1) is 0 Å². The topological polar surface area (TPSA) is 0 Å². The van der Waals surface area contributed by atoms with E-state index in [4.69, 9.17) is 23.2 Å². The van der Waals surface area contributed by atoms with Crippen molar-refractivity contribution >= 4 is 45.9 Å². The van der Waals surface area contributed by atoms with E-state index in [9.17, 15) is 0 Å². The van der Waals surface area contributed by atoms with Crippen molar-refractivity contribution in [2.75, 3.05) is 0 Å². The smallest absolute Gasteiger partial charge is 0.0934 e. The third-order valence-electron chi connectivity index (χ3n) is 2.60. The normalized spacial score (nSPS) is 10.8. The predicted molar refractivity (Wildman–Crippen MR) is 83.1 cm³/mol. The van der Waals surface area contributed by atoms with Crippen molar-refractivity contribution < 1.29 is 0 Å². The minimum atomic E-state index is 0.819. The molecule has 2 heterocycles. The van der Waals surface area contributed by atoms with E-state index in [1.807, 2.05) is 24.3 Å². The molecule has 0 aliphatic carbocycles. The lowest BCUT2D eigenvalue weighted by atomic mass is 10.1. The molecular weight excluding hydrogens is 303 g/mol. The molecule has 0 aliphatic rings. The molecule has 0 aliphatic heterocycles. The van der Waals surface area contributed by atoms with Gasteiger partial charge in [-0.15, -0.1) is 22.7 Å². The van der Waals surface area contributed by atoms with E-state index in [1.165, 1.54) is 20.9 Å². The molecule has 4 heteroatoms. The Kier molecular flexibility index (Phi) is 3.44. The van der Waals surface area contributed by atoms with Gasteiger partial charge in [-0.2, -0.15) is 0 Å². The standard InChI is InChI=1S/C14H8Cl2S2/c15-13-7-5-11(17-13)9-1-2-10(4-3-9)12-6-8-14(16)18-12/h1-8H. The molecule has 1 aromatic carbocycles. The fraction of sp³-hybridized carbons (Fsp3) is 0. The van der Waals surface area contributed by atoms with Gasteiger partial charge in [0, 0.05) is 9.75 Å². The van der Waals surface area contributed by atoms with E-state index < -0.39 is 0 Å². The summed E-state index contributed by atoms with van der Waals surface area (Å²) in [6.07, 6.45) is 0. The zero-order valence-electron chi connectivity index (χ0n) is 9.19. The largest absolute Gasteiger partial charge is 0.123 e. The van der Waals surface area contributed by atoms with Gasteiger partial charge in [0.15, 0.2) is 0 Å². The van der Waals surface area contributed by atoms with Gasteiger partial charge >= 0.3 is 0 Å². The van der Waals surface area contributed by atoms with Crippen LogP contribution in [0.3, 0.4) is 0 Å². The van der Waals surface area contributed by atoms with E-state index in [0.29, 0.717) is 0 Å². The van der Waals surface area contributed by atoms with E-state index in [2.05, 4.69) is 24.3 Å². The SMILES string of the molecule is Clc1ccc(-c2ccc(-c3ccc(Cl)s3)cc2)s1. The van der Waals surface area contributed by atoms with Crippen molar-refractivity contribution in [3.8, 4) is 20.9 Å². The van der Waals surface area contributed by atoms with Gasteiger partial charge in [0.2, 0.25) is 0 Å². The lowest BCUT2D eigenvalue weighted by Gasteiger charge is -2.00. The lowest BCUT2D eigenvalue weighted by Crippen LogP contribution is -1.74. The van der Waals surface area contributed by atoms with Crippen molar-refractivity contribution in [2.45, 2.75) is 0 Å². The molecule has 0 saturated heterocycles. The number of thiophene rings is 2. The molecule has 0 bridgehead atoms. The molecule has 0 atom stereocenters. The summed E-state index contributed by atoms with van der Waals surface area (Å²) in [5, 5.41) is 0. The Morgan fingerprint density at radius 3 is 1.22 bits per heavy atom. The minimum Gasteiger partial charge on any atom is -0.123 e. The summed E-state index contributed by atoms with van der Waals surface area (Å²) in [7, 11) is 0. The van der Waals surface area contributed by atoms with E-state index >= 15 is 0 Å². The highest BCUT2D eigenvalue weighted by molar-refractivity contribution is 7.19. The maximum atomic E-state index is 5.95. The Morgan fingerprint density at radius 2 is 0.944 bits per heavy atom. The Bertz CT molecular complexity index is 606. The lowest BCUT2D eigenvalue weighted by molar-refractivity contribution is 1.69. The molecule has 0 fully saturated rings. The number of rotatable bonds is 2. The molecule has 0 saturated carbocycles. The first-order valence-electron chi connectivity index (χ1n) is 5.34. The molecule has 0 unspecified atom stereocenters.